The number of nitrogens with one attached hydrogen (secondary N) is 2. The molecule has 0 spiro atoms. The molecule has 146 valence electrons. The minimum absolute atomic E-state index is 0.189. The lowest BCUT2D eigenvalue weighted by Crippen LogP contribution is -2.22. The summed E-state index contributed by atoms with van der Waals surface area (Å²) in [4.78, 5) is 35.4. The highest BCUT2D eigenvalue weighted by atomic mass is 16.5. The van der Waals surface area contributed by atoms with E-state index in [1.54, 1.807) is 18.2 Å². The maximum Gasteiger partial charge on any atom is 0.338 e. The first-order chi connectivity index (χ1) is 14.0. The number of hydrogen-bond acceptors (Lipinski definition) is 4. The Bertz CT molecular complexity index is 1030. The summed E-state index contributed by atoms with van der Waals surface area (Å²) in [5.74, 6) is -1.15. The number of esters is 1. The Hall–Kier alpha value is -4.13. The number of urea groups is 1. The zero-order chi connectivity index (χ0) is 20.6. The molecule has 0 atom stereocenters. The maximum atomic E-state index is 12.3. The number of para-hydroxylation sites is 1. The molecule has 3 amide bonds. The van der Waals surface area contributed by atoms with Crippen LogP contribution in [0.25, 0.3) is 11.1 Å². The van der Waals surface area contributed by atoms with E-state index in [9.17, 15) is 14.4 Å². The molecule has 0 aliphatic rings. The fraction of sp³-hybridized carbons (Fsp3) is 0.0455. The number of benzene rings is 3. The van der Waals surface area contributed by atoms with E-state index >= 15 is 0 Å². The van der Waals surface area contributed by atoms with Crippen molar-refractivity contribution in [1.29, 1.82) is 0 Å². The van der Waals surface area contributed by atoms with Gasteiger partial charge in [0.25, 0.3) is 5.91 Å². The van der Waals surface area contributed by atoms with Crippen molar-refractivity contribution in [2.24, 2.45) is 5.73 Å². The number of primary amides is 1. The molecule has 0 saturated heterocycles. The molecule has 3 aromatic carbocycles. The summed E-state index contributed by atoms with van der Waals surface area (Å²) in [7, 11) is 0. The van der Waals surface area contributed by atoms with Crippen molar-refractivity contribution in [1.82, 2.24) is 0 Å². The fourth-order valence-electron chi connectivity index (χ4n) is 2.73. The highest BCUT2D eigenvalue weighted by Crippen LogP contribution is 2.27. The molecule has 0 fully saturated rings. The van der Waals surface area contributed by atoms with Gasteiger partial charge in [0.05, 0.1) is 5.56 Å². The van der Waals surface area contributed by atoms with Crippen LogP contribution in [0.4, 0.5) is 16.2 Å². The molecule has 3 aromatic rings. The van der Waals surface area contributed by atoms with Crippen molar-refractivity contribution >= 4 is 29.3 Å². The van der Waals surface area contributed by atoms with Gasteiger partial charge >= 0.3 is 12.0 Å². The monoisotopic (exact) mass is 389 g/mol. The number of amides is 3. The number of carbonyl (C=O) groups excluding carboxylic acids is 3. The first kappa shape index (κ1) is 19.6. The first-order valence-corrected chi connectivity index (χ1v) is 8.81. The Balaban J connectivity index is 1.63. The van der Waals surface area contributed by atoms with Gasteiger partial charge in [-0.25, -0.2) is 9.59 Å². The van der Waals surface area contributed by atoms with Crippen LogP contribution in [0.2, 0.25) is 0 Å². The summed E-state index contributed by atoms with van der Waals surface area (Å²) in [6.07, 6.45) is 0. The van der Waals surface area contributed by atoms with E-state index in [-0.39, 0.29) is 5.56 Å². The highest BCUT2D eigenvalue weighted by Gasteiger charge is 2.13. The Labute approximate surface area is 167 Å². The molecule has 0 aliphatic heterocycles. The quantitative estimate of drug-likeness (QED) is 0.559. The average Bonchev–Trinajstić information content (AvgIpc) is 2.73. The van der Waals surface area contributed by atoms with Crippen LogP contribution in [0.5, 0.6) is 0 Å². The number of carbonyl (C=O) groups is 3. The molecular formula is C22H19N3O4. The summed E-state index contributed by atoms with van der Waals surface area (Å²) < 4.78 is 5.07. The second kappa shape index (κ2) is 9.18. The molecule has 29 heavy (non-hydrogen) atoms. The standard InChI is InChI=1S/C22H19N3O4/c23-22(28)24-17-10-6-9-16(13-17)21(27)29-14-20(26)25-19-12-5-4-11-18(19)15-7-2-1-3-8-15/h1-13H,14H2,(H,25,26)(H3,23,24,28). The lowest BCUT2D eigenvalue weighted by atomic mass is 10.0. The van der Waals surface area contributed by atoms with Gasteiger partial charge in [0.15, 0.2) is 6.61 Å². The van der Waals surface area contributed by atoms with Gasteiger partial charge in [0.2, 0.25) is 0 Å². The normalized spacial score (nSPS) is 10.1. The predicted octanol–water partition coefficient (Wildman–Crippen LogP) is 3.64. The van der Waals surface area contributed by atoms with E-state index < -0.39 is 24.5 Å². The molecule has 7 heteroatoms. The van der Waals surface area contributed by atoms with Crippen molar-refractivity contribution in [3.8, 4) is 11.1 Å². The van der Waals surface area contributed by atoms with Crippen molar-refractivity contribution < 1.29 is 19.1 Å². The molecule has 0 bridgehead atoms. The van der Waals surface area contributed by atoms with Crippen LogP contribution in [0.15, 0.2) is 78.9 Å². The van der Waals surface area contributed by atoms with Crippen LogP contribution < -0.4 is 16.4 Å². The minimum Gasteiger partial charge on any atom is -0.452 e. The summed E-state index contributed by atoms with van der Waals surface area (Å²) in [6, 6.07) is 22.3. The molecule has 0 heterocycles. The highest BCUT2D eigenvalue weighted by molar-refractivity contribution is 5.98. The van der Waals surface area contributed by atoms with Crippen LogP contribution in [0.3, 0.4) is 0 Å². The molecule has 0 unspecified atom stereocenters. The van der Waals surface area contributed by atoms with Gasteiger partial charge in [0, 0.05) is 16.9 Å². The zero-order valence-electron chi connectivity index (χ0n) is 15.4. The van der Waals surface area contributed by atoms with Crippen LogP contribution in [0.1, 0.15) is 10.4 Å². The largest absolute Gasteiger partial charge is 0.452 e. The van der Waals surface area contributed by atoms with E-state index in [2.05, 4.69) is 10.6 Å². The summed E-state index contributed by atoms with van der Waals surface area (Å²) in [5, 5.41) is 5.13. The van der Waals surface area contributed by atoms with Crippen LogP contribution in [0, 0.1) is 0 Å². The van der Waals surface area contributed by atoms with E-state index in [1.165, 1.54) is 12.1 Å². The van der Waals surface area contributed by atoms with E-state index in [4.69, 9.17) is 10.5 Å². The maximum absolute atomic E-state index is 12.3. The number of nitrogens with two attached hydrogens (primary N) is 1. The van der Waals surface area contributed by atoms with Crippen LogP contribution in [-0.4, -0.2) is 24.5 Å². The third-order valence-corrected chi connectivity index (χ3v) is 3.99. The van der Waals surface area contributed by atoms with Crippen LogP contribution >= 0.6 is 0 Å². The Morgan fingerprint density at radius 1 is 0.828 bits per heavy atom. The van der Waals surface area contributed by atoms with Gasteiger partial charge < -0.3 is 21.1 Å². The molecule has 7 nitrogen and oxygen atoms in total. The number of ether oxygens (including phenoxy) is 1. The smallest absolute Gasteiger partial charge is 0.338 e. The van der Waals surface area contributed by atoms with Crippen LogP contribution in [-0.2, 0) is 9.53 Å². The van der Waals surface area contributed by atoms with Crippen molar-refractivity contribution in [3.63, 3.8) is 0 Å². The number of hydrogen-bond donors (Lipinski definition) is 3. The third-order valence-electron chi connectivity index (χ3n) is 3.99. The summed E-state index contributed by atoms with van der Waals surface area (Å²) >= 11 is 0. The molecule has 0 aliphatic carbocycles. The fourth-order valence-corrected chi connectivity index (χ4v) is 2.73. The van der Waals surface area contributed by atoms with Crippen molar-refractivity contribution in [2.75, 3.05) is 17.2 Å². The van der Waals surface area contributed by atoms with Gasteiger partial charge in [0.1, 0.15) is 0 Å². The van der Waals surface area contributed by atoms with Gasteiger partial charge in [-0.1, -0.05) is 54.6 Å². The summed E-state index contributed by atoms with van der Waals surface area (Å²) in [6.45, 7) is -0.449. The molecule has 3 rings (SSSR count). The topological polar surface area (TPSA) is 111 Å². The van der Waals surface area contributed by atoms with Gasteiger partial charge in [-0.15, -0.1) is 0 Å². The molecular weight excluding hydrogens is 370 g/mol. The number of anilines is 2. The average molecular weight is 389 g/mol. The third kappa shape index (κ3) is 5.43. The van der Waals surface area contributed by atoms with Gasteiger partial charge in [-0.2, -0.15) is 0 Å². The molecule has 0 radical (unpaired) electrons. The van der Waals surface area contributed by atoms with Gasteiger partial charge in [-0.05, 0) is 29.8 Å². The second-order valence-corrected chi connectivity index (χ2v) is 6.11. The van der Waals surface area contributed by atoms with E-state index in [1.807, 2.05) is 48.5 Å². The minimum atomic E-state index is -0.744. The van der Waals surface area contributed by atoms with E-state index in [0.29, 0.717) is 11.4 Å². The Morgan fingerprint density at radius 3 is 2.31 bits per heavy atom. The van der Waals surface area contributed by atoms with E-state index in [0.717, 1.165) is 11.1 Å². The zero-order valence-corrected chi connectivity index (χ0v) is 15.4. The van der Waals surface area contributed by atoms with Crippen molar-refractivity contribution in [2.45, 2.75) is 0 Å². The van der Waals surface area contributed by atoms with Gasteiger partial charge in [-0.3, -0.25) is 4.79 Å². The number of rotatable bonds is 6. The Morgan fingerprint density at radius 2 is 1.55 bits per heavy atom. The molecule has 0 saturated carbocycles. The van der Waals surface area contributed by atoms with Crippen molar-refractivity contribution in [3.05, 3.63) is 84.4 Å². The summed E-state index contributed by atoms with van der Waals surface area (Å²) in [5.41, 5.74) is 8.04. The lowest BCUT2D eigenvalue weighted by Gasteiger charge is -2.12. The molecule has 4 N–H and O–H groups in total. The predicted molar refractivity (Wildman–Crippen MR) is 110 cm³/mol. The second-order valence-electron chi connectivity index (χ2n) is 6.11. The molecule has 0 aromatic heterocycles. The first-order valence-electron chi connectivity index (χ1n) is 8.81. The Kier molecular flexibility index (Phi) is 6.22. The lowest BCUT2D eigenvalue weighted by molar-refractivity contribution is -0.119. The SMILES string of the molecule is NC(=O)Nc1cccc(C(=O)OCC(=O)Nc2ccccc2-c2ccccc2)c1.